The van der Waals surface area contributed by atoms with Gasteiger partial charge in [0.15, 0.2) is 0 Å². The van der Waals surface area contributed by atoms with Gasteiger partial charge in [-0.15, -0.1) is 0 Å². The number of aryl methyl sites for hydroxylation is 1. The predicted octanol–water partition coefficient (Wildman–Crippen LogP) is 2.57. The Hall–Kier alpha value is -2.51. The number of pyridine rings is 1. The molecule has 2 aliphatic rings. The van der Waals surface area contributed by atoms with Crippen LogP contribution in [0, 0.1) is 18.7 Å². The summed E-state index contributed by atoms with van der Waals surface area (Å²) in [6, 6.07) is 7.02. The number of benzene rings is 1. The third kappa shape index (κ3) is 3.47. The number of carbonyl (C=O) groups excluding carboxylic acids is 2. The zero-order valence-corrected chi connectivity index (χ0v) is 16.0. The molecule has 1 aromatic carbocycles. The topological polar surface area (TPSA) is 62.7 Å². The molecule has 1 atom stereocenters. The molecule has 0 saturated carbocycles. The highest BCUT2D eigenvalue weighted by Gasteiger charge is 2.47. The van der Waals surface area contributed by atoms with Gasteiger partial charge in [0.1, 0.15) is 24.2 Å². The molecule has 0 bridgehead atoms. The van der Waals surface area contributed by atoms with E-state index in [0.29, 0.717) is 24.1 Å². The van der Waals surface area contributed by atoms with Crippen LogP contribution in [0.4, 0.5) is 10.2 Å². The van der Waals surface area contributed by atoms with E-state index >= 15 is 0 Å². The first-order valence-electron chi connectivity index (χ1n) is 8.99. The van der Waals surface area contributed by atoms with E-state index in [0.717, 1.165) is 11.1 Å². The van der Waals surface area contributed by atoms with E-state index in [-0.39, 0.29) is 36.6 Å². The van der Waals surface area contributed by atoms with Crippen molar-refractivity contribution in [2.45, 2.75) is 19.5 Å². The van der Waals surface area contributed by atoms with Crippen LogP contribution < -0.4 is 4.90 Å². The number of amides is 2. The van der Waals surface area contributed by atoms with Crippen molar-refractivity contribution in [1.82, 2.24) is 9.88 Å². The average molecular weight is 404 g/mol. The van der Waals surface area contributed by atoms with E-state index < -0.39 is 6.04 Å². The lowest BCUT2D eigenvalue weighted by molar-refractivity contribution is -0.155. The molecule has 4 rings (SSSR count). The number of anilines is 1. The smallest absolute Gasteiger partial charge is 0.251 e. The fourth-order valence-corrected chi connectivity index (χ4v) is 3.83. The molecule has 2 aliphatic heterocycles. The lowest BCUT2D eigenvalue weighted by Gasteiger charge is -2.45. The number of ether oxygens (including phenoxy) is 1. The van der Waals surface area contributed by atoms with E-state index in [1.54, 1.807) is 30.0 Å². The van der Waals surface area contributed by atoms with Gasteiger partial charge in [-0.1, -0.05) is 23.7 Å². The highest BCUT2D eigenvalue weighted by atomic mass is 35.5. The van der Waals surface area contributed by atoms with Crippen molar-refractivity contribution >= 4 is 29.2 Å². The quantitative estimate of drug-likeness (QED) is 0.787. The number of nitrogens with zero attached hydrogens (tertiary/aromatic N) is 3. The first-order valence-corrected chi connectivity index (χ1v) is 9.37. The SMILES string of the molecule is Cc1cc(Cl)cnc1N1CC(=O)N(Cc2ccc(F)cc2)[C@H](C2COC2)C1=O. The molecule has 2 fully saturated rings. The van der Waals surface area contributed by atoms with Gasteiger partial charge in [-0.3, -0.25) is 14.5 Å². The molecule has 2 aromatic rings. The standard InChI is InChI=1S/C20H19ClFN3O3/c1-12-6-15(21)7-23-19(12)25-9-17(26)24(8-13-2-4-16(22)5-3-13)18(20(25)27)14-10-28-11-14/h2-7,14,18H,8-11H2,1H3/t18-/m1/s1. The lowest BCUT2D eigenvalue weighted by Crippen LogP contribution is -2.65. The molecule has 8 heteroatoms. The maximum absolute atomic E-state index is 13.3. The highest BCUT2D eigenvalue weighted by molar-refractivity contribution is 6.30. The number of hydrogen-bond donors (Lipinski definition) is 0. The molecule has 3 heterocycles. The van der Waals surface area contributed by atoms with Crippen molar-refractivity contribution in [3.63, 3.8) is 0 Å². The maximum Gasteiger partial charge on any atom is 0.251 e. The summed E-state index contributed by atoms with van der Waals surface area (Å²) < 4.78 is 18.5. The number of carbonyl (C=O) groups is 2. The summed E-state index contributed by atoms with van der Waals surface area (Å²) in [5, 5.41) is 0.471. The molecule has 0 aliphatic carbocycles. The molecule has 6 nitrogen and oxygen atoms in total. The number of rotatable bonds is 4. The first kappa shape index (κ1) is 18.8. The third-order valence-electron chi connectivity index (χ3n) is 5.12. The Balaban J connectivity index is 1.65. The van der Waals surface area contributed by atoms with Gasteiger partial charge in [-0.2, -0.15) is 0 Å². The summed E-state index contributed by atoms with van der Waals surface area (Å²) in [7, 11) is 0. The van der Waals surface area contributed by atoms with Crippen LogP contribution >= 0.6 is 11.6 Å². The average Bonchev–Trinajstić information content (AvgIpc) is 2.61. The number of piperazine rings is 1. The zero-order chi connectivity index (χ0) is 19.8. The van der Waals surface area contributed by atoms with Crippen molar-refractivity contribution in [2.75, 3.05) is 24.7 Å². The van der Waals surface area contributed by atoms with E-state index in [2.05, 4.69) is 4.98 Å². The molecule has 28 heavy (non-hydrogen) atoms. The van der Waals surface area contributed by atoms with Crippen LogP contribution in [0.1, 0.15) is 11.1 Å². The second-order valence-corrected chi connectivity index (χ2v) is 7.55. The molecule has 2 amide bonds. The Morgan fingerprint density at radius 1 is 1.25 bits per heavy atom. The monoisotopic (exact) mass is 403 g/mol. The summed E-state index contributed by atoms with van der Waals surface area (Å²) >= 11 is 5.97. The van der Waals surface area contributed by atoms with E-state index in [1.165, 1.54) is 23.2 Å². The lowest BCUT2D eigenvalue weighted by atomic mass is 9.92. The Labute approximate surface area is 166 Å². The fraction of sp³-hybridized carbons (Fsp3) is 0.350. The minimum atomic E-state index is -0.642. The van der Waals surface area contributed by atoms with E-state index in [1.807, 2.05) is 0 Å². The normalized spacial score (nSPS) is 20.5. The van der Waals surface area contributed by atoms with Gasteiger partial charge in [0, 0.05) is 18.7 Å². The molecule has 1 aromatic heterocycles. The van der Waals surface area contributed by atoms with Crippen molar-refractivity contribution in [3.05, 3.63) is 58.5 Å². The molecule has 0 spiro atoms. The molecular weight excluding hydrogens is 385 g/mol. The highest BCUT2D eigenvalue weighted by Crippen LogP contribution is 2.30. The van der Waals surface area contributed by atoms with Crippen LogP contribution in [0.2, 0.25) is 5.02 Å². The second-order valence-electron chi connectivity index (χ2n) is 7.11. The van der Waals surface area contributed by atoms with Crippen molar-refractivity contribution in [1.29, 1.82) is 0 Å². The van der Waals surface area contributed by atoms with Gasteiger partial charge < -0.3 is 9.64 Å². The minimum Gasteiger partial charge on any atom is -0.380 e. The van der Waals surface area contributed by atoms with Crippen LogP contribution in [-0.2, 0) is 20.9 Å². The van der Waals surface area contributed by atoms with Gasteiger partial charge in [-0.05, 0) is 36.2 Å². The first-order chi connectivity index (χ1) is 13.4. The van der Waals surface area contributed by atoms with Gasteiger partial charge >= 0.3 is 0 Å². The number of hydrogen-bond acceptors (Lipinski definition) is 4. The molecular formula is C20H19ClFN3O3. The Morgan fingerprint density at radius 2 is 1.96 bits per heavy atom. The van der Waals surface area contributed by atoms with Crippen LogP contribution in [0.5, 0.6) is 0 Å². The van der Waals surface area contributed by atoms with Crippen molar-refractivity contribution < 1.29 is 18.7 Å². The Bertz CT molecular complexity index is 917. The second kappa shape index (κ2) is 7.48. The fourth-order valence-electron chi connectivity index (χ4n) is 3.61. The van der Waals surface area contributed by atoms with Crippen LogP contribution in [0.25, 0.3) is 0 Å². The largest absolute Gasteiger partial charge is 0.380 e. The van der Waals surface area contributed by atoms with Crippen molar-refractivity contribution in [3.8, 4) is 0 Å². The Kier molecular flexibility index (Phi) is 5.03. The summed E-state index contributed by atoms with van der Waals surface area (Å²) in [6.07, 6.45) is 1.47. The summed E-state index contributed by atoms with van der Waals surface area (Å²) in [4.78, 5) is 33.6. The molecule has 0 N–H and O–H groups in total. The van der Waals surface area contributed by atoms with Crippen molar-refractivity contribution in [2.24, 2.45) is 5.92 Å². The van der Waals surface area contributed by atoms with Gasteiger partial charge in [0.25, 0.3) is 5.91 Å². The van der Waals surface area contributed by atoms with E-state index in [4.69, 9.17) is 16.3 Å². The van der Waals surface area contributed by atoms with Gasteiger partial charge in [-0.25, -0.2) is 9.37 Å². The zero-order valence-electron chi connectivity index (χ0n) is 15.3. The van der Waals surface area contributed by atoms with Gasteiger partial charge in [0.2, 0.25) is 5.91 Å². The van der Waals surface area contributed by atoms with Crippen LogP contribution in [0.15, 0.2) is 36.5 Å². The maximum atomic E-state index is 13.3. The Morgan fingerprint density at radius 3 is 2.57 bits per heavy atom. The molecule has 2 saturated heterocycles. The summed E-state index contributed by atoms with van der Waals surface area (Å²) in [5.41, 5.74) is 1.49. The number of halogens is 2. The minimum absolute atomic E-state index is 0.0766. The van der Waals surface area contributed by atoms with Gasteiger partial charge in [0.05, 0.1) is 18.2 Å². The summed E-state index contributed by atoms with van der Waals surface area (Å²) in [5.74, 6) is -0.351. The molecule has 0 radical (unpaired) electrons. The molecule has 0 unspecified atom stereocenters. The van der Waals surface area contributed by atoms with Crippen LogP contribution in [0.3, 0.4) is 0 Å². The van der Waals surface area contributed by atoms with Crippen LogP contribution in [-0.4, -0.2) is 47.5 Å². The van der Waals surface area contributed by atoms with E-state index in [9.17, 15) is 14.0 Å². The predicted molar refractivity (Wildman–Crippen MR) is 101 cm³/mol. The molecule has 146 valence electrons. The summed E-state index contributed by atoms with van der Waals surface area (Å²) in [6.45, 7) is 2.79. The third-order valence-corrected chi connectivity index (χ3v) is 5.32. The number of aromatic nitrogens is 1.